The SMILES string of the molecule is C[C@H]1[C@H](OC(=O)C2CCc3c(nnn3Cc3ccc4c(c3)OCO4)C2)O[C@@H]2O[C@@]3(C)CC[C@H]4[C@H](C)CC[C@@H]1[C@@]24OO3. The average molecular weight is 568 g/mol. The maximum absolute atomic E-state index is 13.5. The quantitative estimate of drug-likeness (QED) is 0.398. The number of carbonyl (C=O) groups excluding carboxylic acids is 1. The highest BCUT2D eigenvalue weighted by Crippen LogP contribution is 2.60. The Kier molecular flexibility index (Phi) is 5.94. The van der Waals surface area contributed by atoms with E-state index in [0.29, 0.717) is 31.7 Å². The van der Waals surface area contributed by atoms with Crippen LogP contribution in [0.4, 0.5) is 0 Å². The summed E-state index contributed by atoms with van der Waals surface area (Å²) in [7, 11) is 0. The van der Waals surface area contributed by atoms with Gasteiger partial charge in [-0.05, 0) is 68.6 Å². The summed E-state index contributed by atoms with van der Waals surface area (Å²) in [6, 6.07) is 5.91. The van der Waals surface area contributed by atoms with Crippen molar-refractivity contribution in [3.8, 4) is 11.5 Å². The molecule has 9 atom stereocenters. The summed E-state index contributed by atoms with van der Waals surface area (Å²) in [4.78, 5) is 25.6. The van der Waals surface area contributed by atoms with Crippen LogP contribution >= 0.6 is 0 Å². The van der Waals surface area contributed by atoms with Gasteiger partial charge in [0.1, 0.15) is 0 Å². The second-order valence-electron chi connectivity index (χ2n) is 13.0. The molecule has 1 aromatic carbocycles. The van der Waals surface area contributed by atoms with Crippen LogP contribution in [0.25, 0.3) is 0 Å². The minimum atomic E-state index is -0.862. The van der Waals surface area contributed by atoms with E-state index >= 15 is 0 Å². The molecule has 0 radical (unpaired) electrons. The summed E-state index contributed by atoms with van der Waals surface area (Å²) in [5, 5.41) is 8.84. The number of esters is 1. The van der Waals surface area contributed by atoms with Crippen molar-refractivity contribution in [1.82, 2.24) is 15.0 Å². The third-order valence-corrected chi connectivity index (χ3v) is 10.5. The Morgan fingerprint density at radius 1 is 1.10 bits per heavy atom. The first-order chi connectivity index (χ1) is 19.8. The van der Waals surface area contributed by atoms with Crippen molar-refractivity contribution in [1.29, 1.82) is 0 Å². The predicted octanol–water partition coefficient (Wildman–Crippen LogP) is 3.91. The Balaban J connectivity index is 0.964. The molecule has 9 rings (SSSR count). The van der Waals surface area contributed by atoms with Gasteiger partial charge in [0, 0.05) is 24.7 Å². The molecule has 1 saturated carbocycles. The third kappa shape index (κ3) is 4.03. The molecule has 11 nitrogen and oxygen atoms in total. The lowest BCUT2D eigenvalue weighted by Crippen LogP contribution is -2.70. The summed E-state index contributed by atoms with van der Waals surface area (Å²) in [5.41, 5.74) is 2.29. The van der Waals surface area contributed by atoms with Crippen molar-refractivity contribution in [3.05, 3.63) is 35.2 Å². The number of aromatic nitrogens is 3. The topological polar surface area (TPSA) is 112 Å². The van der Waals surface area contributed by atoms with Crippen LogP contribution in [0.15, 0.2) is 18.2 Å². The molecule has 41 heavy (non-hydrogen) atoms. The van der Waals surface area contributed by atoms with Crippen LogP contribution in [0, 0.1) is 29.6 Å². The largest absolute Gasteiger partial charge is 0.454 e. The van der Waals surface area contributed by atoms with Gasteiger partial charge in [-0.2, -0.15) is 0 Å². The molecule has 1 unspecified atom stereocenters. The molecule has 11 heteroatoms. The van der Waals surface area contributed by atoms with Crippen molar-refractivity contribution in [3.63, 3.8) is 0 Å². The van der Waals surface area contributed by atoms with E-state index in [-0.39, 0.29) is 36.4 Å². The van der Waals surface area contributed by atoms with Crippen LogP contribution < -0.4 is 9.47 Å². The molecule has 2 bridgehead atoms. The van der Waals surface area contributed by atoms with Gasteiger partial charge in [0.25, 0.3) is 0 Å². The third-order valence-electron chi connectivity index (χ3n) is 10.5. The molecule has 0 amide bonds. The lowest BCUT2D eigenvalue weighted by molar-refractivity contribution is -0.576. The number of benzene rings is 1. The van der Waals surface area contributed by atoms with Gasteiger partial charge in [0.05, 0.1) is 23.9 Å². The molecule has 0 N–H and O–H groups in total. The molecule has 7 aliphatic rings. The number of nitrogens with zero attached hydrogens (tertiary/aromatic N) is 3. The number of fused-ring (bicyclic) bond motifs is 4. The zero-order valence-electron chi connectivity index (χ0n) is 23.7. The first-order valence-electron chi connectivity index (χ1n) is 15.0. The number of carbonyl (C=O) groups is 1. The van der Waals surface area contributed by atoms with Crippen molar-refractivity contribution < 1.29 is 38.3 Å². The minimum Gasteiger partial charge on any atom is -0.454 e. The summed E-state index contributed by atoms with van der Waals surface area (Å²) in [5.74, 6) is 0.894. The average Bonchev–Trinajstić information content (AvgIpc) is 3.53. The van der Waals surface area contributed by atoms with E-state index in [1.165, 1.54) is 0 Å². The Hall–Kier alpha value is -2.73. The van der Waals surface area contributed by atoms with E-state index < -0.39 is 24.0 Å². The summed E-state index contributed by atoms with van der Waals surface area (Å²) in [6.45, 7) is 7.12. The fourth-order valence-corrected chi connectivity index (χ4v) is 8.20. The molecule has 2 aromatic rings. The van der Waals surface area contributed by atoms with E-state index in [0.717, 1.165) is 54.1 Å². The van der Waals surface area contributed by atoms with E-state index in [1.54, 1.807) is 0 Å². The Morgan fingerprint density at radius 2 is 1.98 bits per heavy atom. The zero-order chi connectivity index (χ0) is 27.9. The maximum atomic E-state index is 13.5. The molecular formula is C30H37N3O8. The molecule has 6 heterocycles. The van der Waals surface area contributed by atoms with Crippen molar-refractivity contribution in [2.75, 3.05) is 6.79 Å². The van der Waals surface area contributed by atoms with Gasteiger partial charge in [-0.3, -0.25) is 4.79 Å². The Bertz CT molecular complexity index is 1370. The molecule has 2 aliphatic carbocycles. The van der Waals surface area contributed by atoms with Crippen LogP contribution in [0.2, 0.25) is 0 Å². The van der Waals surface area contributed by atoms with E-state index in [2.05, 4.69) is 24.2 Å². The van der Waals surface area contributed by atoms with Crippen LogP contribution in [0.3, 0.4) is 0 Å². The number of hydrogen-bond donors (Lipinski definition) is 0. The van der Waals surface area contributed by atoms with Gasteiger partial charge in [0.15, 0.2) is 23.4 Å². The van der Waals surface area contributed by atoms with E-state index in [1.807, 2.05) is 29.8 Å². The zero-order valence-corrected chi connectivity index (χ0v) is 23.7. The molecule has 1 spiro atoms. The summed E-state index contributed by atoms with van der Waals surface area (Å²) < 4.78 is 31.9. The lowest BCUT2D eigenvalue weighted by Gasteiger charge is -2.60. The van der Waals surface area contributed by atoms with E-state index in [4.69, 9.17) is 33.5 Å². The van der Waals surface area contributed by atoms with Gasteiger partial charge >= 0.3 is 5.97 Å². The number of rotatable bonds is 4. The second-order valence-corrected chi connectivity index (χ2v) is 13.0. The first-order valence-corrected chi connectivity index (χ1v) is 15.0. The Morgan fingerprint density at radius 3 is 2.88 bits per heavy atom. The highest BCUT2D eigenvalue weighted by molar-refractivity contribution is 5.73. The molecule has 5 aliphatic heterocycles. The first kappa shape index (κ1) is 25.9. The minimum absolute atomic E-state index is 0.0541. The maximum Gasteiger partial charge on any atom is 0.311 e. The molecule has 1 aromatic heterocycles. The molecular weight excluding hydrogens is 530 g/mol. The van der Waals surface area contributed by atoms with Gasteiger partial charge in [-0.25, -0.2) is 14.5 Å². The summed E-state index contributed by atoms with van der Waals surface area (Å²) >= 11 is 0. The highest BCUT2D eigenvalue weighted by Gasteiger charge is 2.69. The van der Waals surface area contributed by atoms with E-state index in [9.17, 15) is 4.79 Å². The number of hydrogen-bond acceptors (Lipinski definition) is 10. The smallest absolute Gasteiger partial charge is 0.311 e. The molecule has 5 fully saturated rings. The van der Waals surface area contributed by atoms with Crippen LogP contribution in [-0.2, 0) is 48.2 Å². The van der Waals surface area contributed by atoms with Gasteiger partial charge in [0.2, 0.25) is 18.9 Å². The fraction of sp³-hybridized carbons (Fsp3) is 0.700. The second kappa shape index (κ2) is 9.39. The number of ether oxygens (including phenoxy) is 5. The standard InChI is InChI=1S/C30H37N3O8/c1-16-4-7-21-17(2)27(38-28-30(21)20(16)10-11-29(3,39-28)40-41-30)37-26(34)19-6-8-23-22(13-19)31-32-33(23)14-18-5-9-24-25(12-18)36-15-35-24/h5,9,12,16-17,19-21,27-28H,4,6-8,10-11,13-15H2,1-3H3/t16-,17-,19?,20+,21+,27-,28-,29-,30-/m1/s1. The highest BCUT2D eigenvalue weighted by atomic mass is 17.3. The van der Waals surface area contributed by atoms with Crippen molar-refractivity contribution >= 4 is 5.97 Å². The van der Waals surface area contributed by atoms with Gasteiger partial charge in [-0.15, -0.1) is 5.10 Å². The van der Waals surface area contributed by atoms with Crippen LogP contribution in [-0.4, -0.2) is 51.7 Å². The predicted molar refractivity (Wildman–Crippen MR) is 140 cm³/mol. The summed E-state index contributed by atoms with van der Waals surface area (Å²) in [6.07, 6.45) is 4.30. The van der Waals surface area contributed by atoms with Gasteiger partial charge < -0.3 is 23.7 Å². The van der Waals surface area contributed by atoms with Crippen molar-refractivity contribution in [2.24, 2.45) is 29.6 Å². The normalized spacial score (nSPS) is 40.4. The van der Waals surface area contributed by atoms with Crippen molar-refractivity contribution in [2.45, 2.75) is 96.2 Å². The molecule has 220 valence electrons. The Labute approximate surface area is 238 Å². The van der Waals surface area contributed by atoms with Crippen LogP contribution in [0.5, 0.6) is 11.5 Å². The monoisotopic (exact) mass is 567 g/mol. The van der Waals surface area contributed by atoms with Gasteiger partial charge in [-0.1, -0.05) is 25.1 Å². The van der Waals surface area contributed by atoms with Crippen LogP contribution in [0.1, 0.15) is 69.8 Å². The molecule has 4 saturated heterocycles. The lowest BCUT2D eigenvalue weighted by atomic mass is 9.58. The fourth-order valence-electron chi connectivity index (χ4n) is 8.20.